The van der Waals surface area contributed by atoms with Gasteiger partial charge in [-0.3, -0.25) is 19.7 Å². The van der Waals surface area contributed by atoms with Gasteiger partial charge < -0.3 is 4.90 Å². The van der Waals surface area contributed by atoms with Gasteiger partial charge in [0.2, 0.25) is 0 Å². The van der Waals surface area contributed by atoms with Crippen molar-refractivity contribution in [2.75, 3.05) is 59.3 Å². The van der Waals surface area contributed by atoms with Gasteiger partial charge in [-0.05, 0) is 32.6 Å². The molecule has 0 aromatic heterocycles. The zero-order chi connectivity index (χ0) is 15.8. The second-order valence-electron chi connectivity index (χ2n) is 6.73. The summed E-state index contributed by atoms with van der Waals surface area (Å²) < 4.78 is 0. The van der Waals surface area contributed by atoms with Crippen LogP contribution in [0.2, 0.25) is 0 Å². The molecule has 0 saturated carbocycles. The fourth-order valence-corrected chi connectivity index (χ4v) is 3.56. The van der Waals surface area contributed by atoms with E-state index in [-0.39, 0.29) is 0 Å². The summed E-state index contributed by atoms with van der Waals surface area (Å²) in [5, 5.41) is 0. The van der Waals surface area contributed by atoms with Crippen molar-refractivity contribution < 1.29 is 0 Å². The summed E-state index contributed by atoms with van der Waals surface area (Å²) in [5.41, 5.74) is 0. The summed E-state index contributed by atoms with van der Waals surface area (Å²) in [6, 6.07) is 0. The number of nitrogens with zero attached hydrogens (tertiary/aromatic N) is 5. The maximum absolute atomic E-state index is 4.56. The molecular weight excluding hydrogens is 274 g/mol. The SMILES string of the molecule is CCCN1CN(CCC)CN(CCCN2CCCN=C2C)C1. The van der Waals surface area contributed by atoms with E-state index in [9.17, 15) is 0 Å². The van der Waals surface area contributed by atoms with Crippen molar-refractivity contribution in [3.63, 3.8) is 0 Å². The van der Waals surface area contributed by atoms with Crippen molar-refractivity contribution in [3.05, 3.63) is 0 Å². The Morgan fingerprint density at radius 2 is 1.45 bits per heavy atom. The van der Waals surface area contributed by atoms with E-state index in [1.165, 1.54) is 57.7 Å². The molecule has 0 aromatic carbocycles. The second-order valence-corrected chi connectivity index (χ2v) is 6.73. The lowest BCUT2D eigenvalue weighted by Gasteiger charge is -2.42. The Bertz CT molecular complexity index is 330. The molecule has 0 amide bonds. The monoisotopic (exact) mass is 309 g/mol. The van der Waals surface area contributed by atoms with Crippen LogP contribution in [0.5, 0.6) is 0 Å². The van der Waals surface area contributed by atoms with Gasteiger partial charge in [-0.25, -0.2) is 0 Å². The maximum atomic E-state index is 4.56. The molecule has 0 atom stereocenters. The van der Waals surface area contributed by atoms with Crippen LogP contribution in [0.4, 0.5) is 0 Å². The fourth-order valence-electron chi connectivity index (χ4n) is 3.56. The number of hydrogen-bond donors (Lipinski definition) is 0. The molecule has 2 rings (SSSR count). The normalized spacial score (nSPS) is 22.1. The number of hydrogen-bond acceptors (Lipinski definition) is 5. The number of rotatable bonds is 8. The van der Waals surface area contributed by atoms with Crippen LogP contribution >= 0.6 is 0 Å². The van der Waals surface area contributed by atoms with E-state index in [1.54, 1.807) is 0 Å². The molecule has 0 bridgehead atoms. The van der Waals surface area contributed by atoms with Crippen LogP contribution in [0, 0.1) is 0 Å². The van der Waals surface area contributed by atoms with Gasteiger partial charge in [-0.15, -0.1) is 0 Å². The highest BCUT2D eigenvalue weighted by atomic mass is 15.5. The van der Waals surface area contributed by atoms with Crippen LogP contribution < -0.4 is 0 Å². The molecule has 0 aromatic rings. The predicted octanol–water partition coefficient (Wildman–Crippen LogP) is 2.11. The van der Waals surface area contributed by atoms with Crippen LogP contribution in [0.1, 0.15) is 46.5 Å². The minimum Gasteiger partial charge on any atom is -0.360 e. The van der Waals surface area contributed by atoms with Crippen molar-refractivity contribution in [1.82, 2.24) is 19.6 Å². The summed E-state index contributed by atoms with van der Waals surface area (Å²) in [6.45, 7) is 17.2. The number of amidine groups is 1. The Labute approximate surface area is 137 Å². The molecule has 5 heteroatoms. The fraction of sp³-hybridized carbons (Fsp3) is 0.941. The lowest BCUT2D eigenvalue weighted by Crippen LogP contribution is -2.55. The first kappa shape index (κ1) is 17.7. The van der Waals surface area contributed by atoms with Gasteiger partial charge in [0.1, 0.15) is 0 Å². The molecule has 0 spiro atoms. The first-order valence-corrected chi connectivity index (χ1v) is 9.16. The predicted molar refractivity (Wildman–Crippen MR) is 94.1 cm³/mol. The topological polar surface area (TPSA) is 25.3 Å². The summed E-state index contributed by atoms with van der Waals surface area (Å²) in [4.78, 5) is 14.8. The molecule has 128 valence electrons. The quantitative estimate of drug-likeness (QED) is 0.686. The Morgan fingerprint density at radius 1 is 0.864 bits per heavy atom. The molecule has 2 aliphatic rings. The molecule has 0 unspecified atom stereocenters. The van der Waals surface area contributed by atoms with Gasteiger partial charge in [-0.1, -0.05) is 13.8 Å². The van der Waals surface area contributed by atoms with Crippen LogP contribution in [0.3, 0.4) is 0 Å². The van der Waals surface area contributed by atoms with Crippen LogP contribution in [0.15, 0.2) is 4.99 Å². The van der Waals surface area contributed by atoms with Gasteiger partial charge >= 0.3 is 0 Å². The van der Waals surface area contributed by atoms with E-state index >= 15 is 0 Å². The van der Waals surface area contributed by atoms with E-state index in [0.717, 1.165) is 33.1 Å². The van der Waals surface area contributed by atoms with Crippen LogP contribution in [-0.4, -0.2) is 84.7 Å². The average molecular weight is 310 g/mol. The molecule has 22 heavy (non-hydrogen) atoms. The van der Waals surface area contributed by atoms with Crippen LogP contribution in [-0.2, 0) is 0 Å². The molecule has 5 nitrogen and oxygen atoms in total. The van der Waals surface area contributed by atoms with Crippen LogP contribution in [0.25, 0.3) is 0 Å². The average Bonchev–Trinajstić information content (AvgIpc) is 2.50. The lowest BCUT2D eigenvalue weighted by molar-refractivity contribution is -0.0298. The molecule has 2 aliphatic heterocycles. The lowest BCUT2D eigenvalue weighted by atomic mass is 10.2. The smallest absolute Gasteiger partial charge is 0.0957 e. The number of aliphatic imine (C=N–C) groups is 1. The minimum atomic E-state index is 1.02. The van der Waals surface area contributed by atoms with Crippen molar-refractivity contribution in [3.8, 4) is 0 Å². The molecule has 1 fully saturated rings. The Hall–Kier alpha value is -0.650. The third kappa shape index (κ3) is 5.52. The summed E-state index contributed by atoms with van der Waals surface area (Å²) in [6.07, 6.45) is 4.96. The van der Waals surface area contributed by atoms with Crippen molar-refractivity contribution in [2.24, 2.45) is 4.99 Å². The van der Waals surface area contributed by atoms with E-state index in [4.69, 9.17) is 0 Å². The van der Waals surface area contributed by atoms with Gasteiger partial charge in [0.05, 0.1) is 25.8 Å². The standard InChI is InChI=1S/C17H35N5/c1-4-9-19-14-20(10-5-2)16-21(15-19)11-7-13-22-12-6-8-18-17(22)3/h4-16H2,1-3H3. The zero-order valence-corrected chi connectivity index (χ0v) is 14.9. The van der Waals surface area contributed by atoms with E-state index in [2.05, 4.69) is 45.4 Å². The van der Waals surface area contributed by atoms with Gasteiger partial charge in [0.15, 0.2) is 0 Å². The second kappa shape index (κ2) is 9.48. The maximum Gasteiger partial charge on any atom is 0.0957 e. The van der Waals surface area contributed by atoms with E-state index < -0.39 is 0 Å². The highest BCUT2D eigenvalue weighted by Gasteiger charge is 2.22. The molecular formula is C17H35N5. The summed E-state index contributed by atoms with van der Waals surface area (Å²) in [5.74, 6) is 1.24. The first-order valence-electron chi connectivity index (χ1n) is 9.16. The van der Waals surface area contributed by atoms with Gasteiger partial charge in [-0.2, -0.15) is 0 Å². The highest BCUT2D eigenvalue weighted by molar-refractivity contribution is 5.80. The highest BCUT2D eigenvalue weighted by Crippen LogP contribution is 2.10. The molecule has 2 heterocycles. The third-order valence-corrected chi connectivity index (χ3v) is 4.57. The van der Waals surface area contributed by atoms with Crippen molar-refractivity contribution >= 4 is 5.84 Å². The Kier molecular flexibility index (Phi) is 7.63. The Morgan fingerprint density at radius 3 is 2.00 bits per heavy atom. The van der Waals surface area contributed by atoms with E-state index in [0.29, 0.717) is 0 Å². The molecule has 1 saturated heterocycles. The summed E-state index contributed by atoms with van der Waals surface area (Å²) in [7, 11) is 0. The molecule has 0 radical (unpaired) electrons. The van der Waals surface area contributed by atoms with Gasteiger partial charge in [0.25, 0.3) is 0 Å². The minimum absolute atomic E-state index is 1.02. The van der Waals surface area contributed by atoms with E-state index in [1.807, 2.05) is 0 Å². The largest absolute Gasteiger partial charge is 0.360 e. The third-order valence-electron chi connectivity index (χ3n) is 4.57. The summed E-state index contributed by atoms with van der Waals surface area (Å²) >= 11 is 0. The molecule has 0 N–H and O–H groups in total. The van der Waals surface area contributed by atoms with Crippen molar-refractivity contribution in [2.45, 2.75) is 46.5 Å². The molecule has 0 aliphatic carbocycles. The Balaban J connectivity index is 1.75. The van der Waals surface area contributed by atoms with Gasteiger partial charge in [0, 0.05) is 39.3 Å². The first-order chi connectivity index (χ1) is 10.7. The van der Waals surface area contributed by atoms with Crippen molar-refractivity contribution in [1.29, 1.82) is 0 Å². The zero-order valence-electron chi connectivity index (χ0n) is 14.9.